The molecular weight excluding hydrogens is 355 g/mol. The zero-order chi connectivity index (χ0) is 18.1. The summed E-state index contributed by atoms with van der Waals surface area (Å²) in [6.45, 7) is 5.46. The average Bonchev–Trinajstić information content (AvgIpc) is 2.98. The van der Waals surface area contributed by atoms with E-state index < -0.39 is 23.2 Å². The van der Waals surface area contributed by atoms with Gasteiger partial charge in [-0.3, -0.25) is 0 Å². The van der Waals surface area contributed by atoms with E-state index in [0.29, 0.717) is 0 Å². The highest BCUT2D eigenvalue weighted by Crippen LogP contribution is 2.36. The molecule has 1 aromatic heterocycles. The van der Waals surface area contributed by atoms with Gasteiger partial charge in [0, 0.05) is 13.1 Å². The number of halogens is 3. The molecule has 2 atom stereocenters. The number of methoxy groups -OCH3 is 1. The summed E-state index contributed by atoms with van der Waals surface area (Å²) in [5.74, 6) is -4.22. The van der Waals surface area contributed by atoms with Crippen molar-refractivity contribution in [2.75, 3.05) is 20.2 Å². The minimum atomic E-state index is -1.36. The van der Waals surface area contributed by atoms with Gasteiger partial charge in [-0.25, -0.2) is 13.1 Å². The van der Waals surface area contributed by atoms with Crippen molar-refractivity contribution in [3.05, 3.63) is 35.8 Å². The third-order valence-corrected chi connectivity index (χ3v) is 4.76. The molecule has 0 amide bonds. The molecule has 0 radical (unpaired) electrons. The predicted molar refractivity (Wildman–Crippen MR) is 88.0 cm³/mol. The molecule has 1 aliphatic heterocycles. The molecule has 1 aromatic carbocycles. The quantitative estimate of drug-likeness (QED) is 0.583. The maximum atomic E-state index is 14.3. The fraction of sp³-hybridized carbons (Fsp3) is 0.412. The summed E-state index contributed by atoms with van der Waals surface area (Å²) in [6, 6.07) is 2.35. The Morgan fingerprint density at radius 2 is 1.80 bits per heavy atom. The lowest BCUT2D eigenvalue weighted by Gasteiger charge is -2.33. The lowest BCUT2D eigenvalue weighted by atomic mass is 10.1. The highest BCUT2D eigenvalue weighted by atomic mass is 32.2. The molecule has 0 spiro atoms. The van der Waals surface area contributed by atoms with E-state index in [1.807, 2.05) is 13.8 Å². The van der Waals surface area contributed by atoms with E-state index in [9.17, 15) is 13.2 Å². The van der Waals surface area contributed by atoms with Gasteiger partial charge in [0.2, 0.25) is 5.82 Å². The molecule has 0 bridgehead atoms. The lowest BCUT2D eigenvalue weighted by molar-refractivity contribution is -0.0414. The normalized spacial score (nSPS) is 21.5. The maximum absolute atomic E-state index is 14.3. The van der Waals surface area contributed by atoms with Gasteiger partial charge >= 0.3 is 0 Å². The molecule has 1 fully saturated rings. The van der Waals surface area contributed by atoms with Crippen LogP contribution in [0.2, 0.25) is 0 Å². The minimum absolute atomic E-state index is 0.103. The van der Waals surface area contributed by atoms with Crippen LogP contribution in [0.5, 0.6) is 5.75 Å². The van der Waals surface area contributed by atoms with Crippen molar-refractivity contribution in [2.45, 2.75) is 31.0 Å². The summed E-state index contributed by atoms with van der Waals surface area (Å²) in [5, 5.41) is 0. The van der Waals surface area contributed by atoms with Crippen molar-refractivity contribution in [2.24, 2.45) is 0 Å². The zero-order valence-electron chi connectivity index (χ0n) is 14.0. The highest BCUT2D eigenvalue weighted by molar-refractivity contribution is 7.97. The minimum Gasteiger partial charge on any atom is -0.491 e. The first-order valence-electron chi connectivity index (χ1n) is 7.77. The Morgan fingerprint density at radius 3 is 2.44 bits per heavy atom. The molecule has 25 heavy (non-hydrogen) atoms. The number of hydrogen-bond acceptors (Lipinski definition) is 5. The number of ether oxygens (including phenoxy) is 2. The molecule has 2 heterocycles. The fourth-order valence-electron chi connectivity index (χ4n) is 2.80. The van der Waals surface area contributed by atoms with Gasteiger partial charge in [0.1, 0.15) is 12.0 Å². The first-order chi connectivity index (χ1) is 11.9. The van der Waals surface area contributed by atoms with Gasteiger partial charge in [0.15, 0.2) is 17.4 Å². The molecule has 1 saturated heterocycles. The number of hydrogen-bond donors (Lipinski definition) is 0. The van der Waals surface area contributed by atoms with Gasteiger partial charge in [-0.05, 0) is 37.9 Å². The monoisotopic (exact) mass is 373 g/mol. The van der Waals surface area contributed by atoms with Crippen molar-refractivity contribution in [3.8, 4) is 17.1 Å². The van der Waals surface area contributed by atoms with Gasteiger partial charge in [-0.1, -0.05) is 0 Å². The molecule has 0 aliphatic carbocycles. The van der Waals surface area contributed by atoms with Crippen LogP contribution in [0.4, 0.5) is 13.2 Å². The summed E-state index contributed by atoms with van der Waals surface area (Å²) in [6.07, 6.45) is 1.67. The maximum Gasteiger partial charge on any atom is 0.203 e. The van der Waals surface area contributed by atoms with Gasteiger partial charge in [-0.2, -0.15) is 4.39 Å². The molecule has 0 saturated carbocycles. The van der Waals surface area contributed by atoms with Crippen LogP contribution in [0, 0.1) is 17.5 Å². The standard InChI is InChI=1S/C17H18F3NO3S/c1-9-6-21(7-10(2)24-9)25-11-4-14(23-8-11)12-5-13(18)16(20)17(22-3)15(12)19/h4-5,8-10H,6-7H2,1-3H3. The molecular formula is C17H18F3NO3S. The summed E-state index contributed by atoms with van der Waals surface area (Å²) >= 11 is 1.45. The Morgan fingerprint density at radius 1 is 1.12 bits per heavy atom. The Hall–Kier alpha value is -1.64. The van der Waals surface area contributed by atoms with Gasteiger partial charge < -0.3 is 13.9 Å². The van der Waals surface area contributed by atoms with Crippen LogP contribution in [0.3, 0.4) is 0 Å². The van der Waals surface area contributed by atoms with E-state index in [2.05, 4.69) is 9.04 Å². The van der Waals surface area contributed by atoms with Crippen LogP contribution in [0.1, 0.15) is 13.8 Å². The van der Waals surface area contributed by atoms with Gasteiger partial charge in [0.05, 0.1) is 29.8 Å². The number of benzene rings is 1. The first-order valence-corrected chi connectivity index (χ1v) is 8.55. The predicted octanol–water partition coefficient (Wildman–Crippen LogP) is 4.49. The molecule has 1 aliphatic rings. The van der Waals surface area contributed by atoms with Crippen molar-refractivity contribution in [1.29, 1.82) is 0 Å². The SMILES string of the molecule is COc1c(F)c(F)cc(-c2cc(SN3CC(C)OC(C)C3)co2)c1F. The molecule has 0 N–H and O–H groups in total. The van der Waals surface area contributed by atoms with E-state index in [1.165, 1.54) is 18.2 Å². The second-order valence-electron chi connectivity index (χ2n) is 5.91. The van der Waals surface area contributed by atoms with E-state index >= 15 is 0 Å². The third-order valence-electron chi connectivity index (χ3n) is 3.78. The van der Waals surface area contributed by atoms with Crippen molar-refractivity contribution in [3.63, 3.8) is 0 Å². The van der Waals surface area contributed by atoms with Gasteiger partial charge in [-0.15, -0.1) is 0 Å². The van der Waals surface area contributed by atoms with Gasteiger partial charge in [0.25, 0.3) is 0 Å². The number of rotatable bonds is 4. The summed E-state index contributed by atoms with van der Waals surface area (Å²) in [5.41, 5.74) is -0.189. The van der Waals surface area contributed by atoms with E-state index in [0.717, 1.165) is 31.2 Å². The number of nitrogens with zero attached hydrogens (tertiary/aromatic N) is 1. The fourth-order valence-corrected chi connectivity index (χ4v) is 3.92. The topological polar surface area (TPSA) is 34.8 Å². The summed E-state index contributed by atoms with van der Waals surface area (Å²) < 4.78 is 59.3. The highest BCUT2D eigenvalue weighted by Gasteiger charge is 2.25. The van der Waals surface area contributed by atoms with Crippen LogP contribution >= 0.6 is 11.9 Å². The van der Waals surface area contributed by atoms with E-state index in [4.69, 9.17) is 9.15 Å². The third kappa shape index (κ3) is 3.80. The molecule has 4 nitrogen and oxygen atoms in total. The van der Waals surface area contributed by atoms with Crippen molar-refractivity contribution in [1.82, 2.24) is 4.31 Å². The molecule has 2 aromatic rings. The Labute approximate surface area is 148 Å². The van der Waals surface area contributed by atoms with Crippen LogP contribution in [0.15, 0.2) is 27.7 Å². The molecule has 136 valence electrons. The second kappa shape index (κ2) is 7.31. The Bertz CT molecular complexity index is 758. The lowest BCUT2D eigenvalue weighted by Crippen LogP contribution is -2.41. The molecule has 3 rings (SSSR count). The van der Waals surface area contributed by atoms with Crippen molar-refractivity contribution < 1.29 is 27.1 Å². The Kier molecular flexibility index (Phi) is 5.31. The number of morpholine rings is 1. The van der Waals surface area contributed by atoms with Crippen LogP contribution in [-0.2, 0) is 4.74 Å². The summed E-state index contributed by atoms with van der Waals surface area (Å²) in [4.78, 5) is 0.736. The molecule has 8 heteroatoms. The smallest absolute Gasteiger partial charge is 0.203 e. The average molecular weight is 373 g/mol. The van der Waals surface area contributed by atoms with Crippen LogP contribution < -0.4 is 4.74 Å². The van der Waals surface area contributed by atoms with Crippen LogP contribution in [0.25, 0.3) is 11.3 Å². The van der Waals surface area contributed by atoms with Crippen LogP contribution in [-0.4, -0.2) is 36.7 Å². The largest absolute Gasteiger partial charge is 0.491 e. The number of furan rings is 1. The van der Waals surface area contributed by atoms with E-state index in [-0.39, 0.29) is 23.5 Å². The van der Waals surface area contributed by atoms with Crippen molar-refractivity contribution >= 4 is 11.9 Å². The summed E-state index contributed by atoms with van der Waals surface area (Å²) in [7, 11) is 1.08. The zero-order valence-corrected chi connectivity index (χ0v) is 14.8. The molecule has 2 unspecified atom stereocenters. The Balaban J connectivity index is 1.83. The first kappa shape index (κ1) is 18.2. The van der Waals surface area contributed by atoms with E-state index in [1.54, 1.807) is 6.07 Å². The second-order valence-corrected chi connectivity index (χ2v) is 7.08.